The second-order valence-electron chi connectivity index (χ2n) is 7.35. The summed E-state index contributed by atoms with van der Waals surface area (Å²) in [5.74, 6) is -1.81. The molecule has 148 valence electrons. The molecule has 3 aliphatic rings. The van der Waals surface area contributed by atoms with Crippen molar-refractivity contribution in [2.24, 2.45) is 5.92 Å². The van der Waals surface area contributed by atoms with E-state index in [4.69, 9.17) is 14.7 Å². The first kappa shape index (κ1) is 18.5. The van der Waals surface area contributed by atoms with Gasteiger partial charge in [-0.25, -0.2) is 14.5 Å². The summed E-state index contributed by atoms with van der Waals surface area (Å²) in [5.41, 5.74) is 2.73. The van der Waals surface area contributed by atoms with Crippen molar-refractivity contribution in [3.8, 4) is 6.07 Å². The summed E-state index contributed by atoms with van der Waals surface area (Å²) in [6, 6.07) is 9.65. The summed E-state index contributed by atoms with van der Waals surface area (Å²) in [5, 5.41) is 9.83. The standard InChI is InChI=1S/C19H16N4O4S2/c20-7-11-1-3-12(4-2-11)10-28-16-15(21-29-22-16)14-9-23-8-13(14)5-6-19(23)26-17(24)18(25)27-19/h1-4,13-14H,5-6,8-10H2/t13-,14+/m1/s1. The lowest BCUT2D eigenvalue weighted by molar-refractivity contribution is -0.257. The highest BCUT2D eigenvalue weighted by molar-refractivity contribution is 7.98. The molecule has 1 aromatic heterocycles. The van der Waals surface area contributed by atoms with E-state index in [1.54, 1.807) is 11.8 Å². The van der Waals surface area contributed by atoms with Crippen LogP contribution in [0.2, 0.25) is 0 Å². The maximum atomic E-state index is 11.6. The van der Waals surface area contributed by atoms with E-state index in [0.29, 0.717) is 31.0 Å². The fraction of sp³-hybridized carbons (Fsp3) is 0.421. The van der Waals surface area contributed by atoms with Crippen LogP contribution in [-0.4, -0.2) is 44.6 Å². The van der Waals surface area contributed by atoms with Gasteiger partial charge in [0.05, 0.1) is 29.1 Å². The number of carbonyl (C=O) groups is 2. The number of esters is 2. The summed E-state index contributed by atoms with van der Waals surface area (Å²) >= 11 is 2.83. The number of nitriles is 1. The number of aromatic nitrogens is 2. The molecule has 1 aromatic carbocycles. The highest BCUT2D eigenvalue weighted by Gasteiger charge is 2.59. The predicted octanol–water partition coefficient (Wildman–Crippen LogP) is 2.27. The highest BCUT2D eigenvalue weighted by atomic mass is 32.2. The molecule has 29 heavy (non-hydrogen) atoms. The Morgan fingerprint density at radius 2 is 1.97 bits per heavy atom. The number of thioether (sulfide) groups is 1. The molecule has 0 aliphatic carbocycles. The Bertz CT molecular complexity index is 1000. The van der Waals surface area contributed by atoms with Gasteiger partial charge in [0.15, 0.2) is 0 Å². The molecule has 3 saturated heterocycles. The zero-order valence-electron chi connectivity index (χ0n) is 15.2. The number of nitrogens with zero attached hydrogens (tertiary/aromatic N) is 4. The number of benzene rings is 1. The maximum absolute atomic E-state index is 11.6. The molecule has 0 N–H and O–H groups in total. The molecule has 0 radical (unpaired) electrons. The van der Waals surface area contributed by atoms with Crippen molar-refractivity contribution < 1.29 is 19.1 Å². The van der Waals surface area contributed by atoms with Crippen LogP contribution < -0.4 is 0 Å². The minimum Gasteiger partial charge on any atom is -0.400 e. The average Bonchev–Trinajstić information content (AvgIpc) is 3.41. The van der Waals surface area contributed by atoms with Gasteiger partial charge in [0.2, 0.25) is 0 Å². The van der Waals surface area contributed by atoms with Crippen molar-refractivity contribution in [1.29, 1.82) is 5.26 Å². The van der Waals surface area contributed by atoms with Crippen LogP contribution in [0.3, 0.4) is 0 Å². The van der Waals surface area contributed by atoms with Crippen molar-refractivity contribution in [3.05, 3.63) is 41.1 Å². The molecule has 3 fully saturated rings. The van der Waals surface area contributed by atoms with E-state index in [2.05, 4.69) is 14.8 Å². The third kappa shape index (κ3) is 3.19. The first-order valence-corrected chi connectivity index (χ1v) is 11.0. The van der Waals surface area contributed by atoms with Gasteiger partial charge in [-0.1, -0.05) is 23.9 Å². The maximum Gasteiger partial charge on any atom is 0.421 e. The second-order valence-corrected chi connectivity index (χ2v) is 8.85. The van der Waals surface area contributed by atoms with Crippen molar-refractivity contribution in [1.82, 2.24) is 13.6 Å². The third-order valence-electron chi connectivity index (χ3n) is 5.72. The molecule has 3 aliphatic heterocycles. The van der Waals surface area contributed by atoms with Crippen LogP contribution in [0.4, 0.5) is 0 Å². The van der Waals surface area contributed by atoms with Gasteiger partial charge in [-0.3, -0.25) is 0 Å². The number of hydrogen-bond acceptors (Lipinski definition) is 10. The summed E-state index contributed by atoms with van der Waals surface area (Å²) in [6.07, 6.45) is 1.27. The van der Waals surface area contributed by atoms with E-state index < -0.39 is 17.8 Å². The number of piperidine rings is 1. The number of ether oxygens (including phenoxy) is 2. The molecule has 4 heterocycles. The lowest BCUT2D eigenvalue weighted by Gasteiger charge is -2.37. The van der Waals surface area contributed by atoms with Crippen LogP contribution in [0.15, 0.2) is 29.3 Å². The first-order chi connectivity index (χ1) is 14.1. The van der Waals surface area contributed by atoms with Crippen LogP contribution in [0.25, 0.3) is 0 Å². The number of rotatable bonds is 4. The van der Waals surface area contributed by atoms with Crippen molar-refractivity contribution in [3.63, 3.8) is 0 Å². The predicted molar refractivity (Wildman–Crippen MR) is 103 cm³/mol. The third-order valence-corrected chi connectivity index (χ3v) is 7.43. The Kier molecular flexibility index (Phi) is 4.53. The average molecular weight is 428 g/mol. The summed E-state index contributed by atoms with van der Waals surface area (Å²) in [4.78, 5) is 25.1. The minimum atomic E-state index is -1.24. The van der Waals surface area contributed by atoms with Crippen LogP contribution in [0.1, 0.15) is 35.6 Å². The summed E-state index contributed by atoms with van der Waals surface area (Å²) < 4.78 is 19.7. The van der Waals surface area contributed by atoms with Gasteiger partial charge in [-0.05, 0) is 30.0 Å². The van der Waals surface area contributed by atoms with Crippen molar-refractivity contribution in [2.45, 2.75) is 35.4 Å². The van der Waals surface area contributed by atoms with E-state index in [0.717, 1.165) is 28.5 Å². The Balaban J connectivity index is 1.30. The van der Waals surface area contributed by atoms with Crippen LogP contribution in [-0.2, 0) is 24.8 Å². The molecule has 8 nitrogen and oxygen atoms in total. The van der Waals surface area contributed by atoms with Crippen LogP contribution in [0, 0.1) is 17.2 Å². The smallest absolute Gasteiger partial charge is 0.400 e. The first-order valence-electron chi connectivity index (χ1n) is 9.23. The Hall–Kier alpha value is -2.48. The zero-order valence-corrected chi connectivity index (χ0v) is 16.9. The molecule has 0 amide bonds. The molecular formula is C19H16N4O4S2. The number of carbonyl (C=O) groups excluding carboxylic acids is 2. The van der Waals surface area contributed by atoms with E-state index in [-0.39, 0.29) is 5.92 Å². The van der Waals surface area contributed by atoms with E-state index in [9.17, 15) is 9.59 Å². The molecule has 0 saturated carbocycles. The molecular weight excluding hydrogens is 412 g/mol. The summed E-state index contributed by atoms with van der Waals surface area (Å²) in [7, 11) is 0. The second kappa shape index (κ2) is 7.09. The molecule has 2 aromatic rings. The van der Waals surface area contributed by atoms with Gasteiger partial charge >= 0.3 is 17.8 Å². The van der Waals surface area contributed by atoms with Gasteiger partial charge in [-0.15, -0.1) is 0 Å². The van der Waals surface area contributed by atoms with Gasteiger partial charge in [-0.2, -0.15) is 14.0 Å². The quantitative estimate of drug-likeness (QED) is 0.412. The molecule has 3 atom stereocenters. The fourth-order valence-electron chi connectivity index (χ4n) is 4.24. The molecule has 1 unspecified atom stereocenters. The van der Waals surface area contributed by atoms with Gasteiger partial charge in [0.1, 0.15) is 5.03 Å². The number of fused-ring (bicyclic) bond motifs is 3. The van der Waals surface area contributed by atoms with Crippen LogP contribution in [0.5, 0.6) is 0 Å². The normalized spacial score (nSPS) is 26.9. The SMILES string of the molecule is N#Cc1ccc(CSc2nsnc2[C@H]2CN3C[C@H]2CCC32OC(=O)C(=O)O2)cc1. The lowest BCUT2D eigenvalue weighted by Crippen LogP contribution is -2.51. The summed E-state index contributed by atoms with van der Waals surface area (Å²) in [6.45, 7) is 1.31. The fourth-order valence-corrected chi connectivity index (χ4v) is 5.97. The van der Waals surface area contributed by atoms with E-state index in [1.807, 2.05) is 29.2 Å². The monoisotopic (exact) mass is 428 g/mol. The van der Waals surface area contributed by atoms with Crippen LogP contribution >= 0.6 is 23.5 Å². The molecule has 1 spiro atoms. The van der Waals surface area contributed by atoms with Gasteiger partial charge < -0.3 is 9.47 Å². The Morgan fingerprint density at radius 1 is 1.21 bits per heavy atom. The van der Waals surface area contributed by atoms with Crippen molar-refractivity contribution in [2.75, 3.05) is 13.1 Å². The van der Waals surface area contributed by atoms with E-state index >= 15 is 0 Å². The molecule has 10 heteroatoms. The zero-order chi connectivity index (χ0) is 20.0. The lowest BCUT2D eigenvalue weighted by atomic mass is 9.88. The Morgan fingerprint density at radius 3 is 2.69 bits per heavy atom. The van der Waals surface area contributed by atoms with Gasteiger partial charge in [0.25, 0.3) is 0 Å². The number of hydrogen-bond donors (Lipinski definition) is 0. The molecule has 2 bridgehead atoms. The largest absolute Gasteiger partial charge is 0.421 e. The molecule has 5 rings (SSSR count). The topological polar surface area (TPSA) is 105 Å². The van der Waals surface area contributed by atoms with Crippen molar-refractivity contribution >= 4 is 35.4 Å². The van der Waals surface area contributed by atoms with E-state index in [1.165, 1.54) is 11.7 Å². The van der Waals surface area contributed by atoms with Gasteiger partial charge in [0, 0.05) is 31.2 Å². The Labute approximate surface area is 175 Å². The minimum absolute atomic E-state index is 0.162. The highest BCUT2D eigenvalue weighted by Crippen LogP contribution is 2.48.